The maximum absolute atomic E-state index is 14.0. The van der Waals surface area contributed by atoms with Gasteiger partial charge in [0.25, 0.3) is 5.56 Å². The van der Waals surface area contributed by atoms with E-state index in [-0.39, 0.29) is 17.9 Å². The summed E-state index contributed by atoms with van der Waals surface area (Å²) < 4.78 is 13.7. The van der Waals surface area contributed by atoms with Crippen LogP contribution in [0.2, 0.25) is 0 Å². The molecule has 0 saturated carbocycles. The number of carbonyl (C=O) groups is 1. The number of ether oxygens (including phenoxy) is 2. The predicted octanol–water partition coefficient (Wildman–Crippen LogP) is 4.64. The third kappa shape index (κ3) is 5.28. The molecule has 3 aromatic carbocycles. The van der Waals surface area contributed by atoms with Crippen molar-refractivity contribution in [3.05, 3.63) is 118 Å². The first-order valence-corrected chi connectivity index (χ1v) is 14.3. The molecule has 5 rings (SSSR count). The summed E-state index contributed by atoms with van der Waals surface area (Å²) in [5.41, 5.74) is 2.75. The normalized spacial score (nSPS) is 15.1. The Morgan fingerprint density at radius 1 is 1.08 bits per heavy atom. The van der Waals surface area contributed by atoms with Crippen molar-refractivity contribution in [3.63, 3.8) is 0 Å². The minimum absolute atomic E-state index is 0.0618. The molecule has 0 bridgehead atoms. The largest absolute Gasteiger partial charge is 0.504 e. The van der Waals surface area contributed by atoms with E-state index in [1.54, 1.807) is 29.7 Å². The molecule has 0 fully saturated rings. The third-order valence-electron chi connectivity index (χ3n) is 6.14. The fraction of sp³-hybridized carbons (Fsp3) is 0.167. The van der Waals surface area contributed by atoms with E-state index in [1.807, 2.05) is 90.2 Å². The van der Waals surface area contributed by atoms with Crippen LogP contribution in [-0.2, 0) is 9.53 Å². The number of rotatable bonds is 7. The molecule has 1 atom stereocenters. The standard InChI is InChI=1S/C30H25IN2O5S/c1-3-37-22-16-18(15-21(31)27(22)34)17-23-28(35)33-26(20-13-9-6-10-14-20)24(29(36)38-4-2)25(32-30(33)39-23)19-11-7-5-8-12-19/h5-17,26,34H,3-4H2,1-2H3/b23-17-/t26-/m1/s1. The molecule has 1 aliphatic heterocycles. The van der Waals surface area contributed by atoms with Crippen molar-refractivity contribution in [2.24, 2.45) is 4.99 Å². The van der Waals surface area contributed by atoms with Gasteiger partial charge in [-0.25, -0.2) is 9.79 Å². The van der Waals surface area contributed by atoms with Gasteiger partial charge < -0.3 is 14.6 Å². The zero-order valence-corrected chi connectivity index (χ0v) is 24.2. The van der Waals surface area contributed by atoms with Crippen LogP contribution in [0.25, 0.3) is 11.8 Å². The lowest BCUT2D eigenvalue weighted by atomic mass is 9.93. The van der Waals surface area contributed by atoms with Crippen molar-refractivity contribution in [2.45, 2.75) is 19.9 Å². The number of aromatic nitrogens is 1. The van der Waals surface area contributed by atoms with Crippen molar-refractivity contribution < 1.29 is 19.4 Å². The molecule has 4 aromatic rings. The fourth-order valence-corrected chi connectivity index (χ4v) is 6.11. The Kier molecular flexibility index (Phi) is 7.99. The maximum atomic E-state index is 14.0. The van der Waals surface area contributed by atoms with E-state index in [9.17, 15) is 14.7 Å². The molecule has 0 saturated heterocycles. The molecule has 0 unspecified atom stereocenters. The average molecular weight is 653 g/mol. The van der Waals surface area contributed by atoms with Gasteiger partial charge in [-0.15, -0.1) is 0 Å². The van der Waals surface area contributed by atoms with Gasteiger partial charge in [0.05, 0.1) is 38.6 Å². The molecular weight excluding hydrogens is 627 g/mol. The third-order valence-corrected chi connectivity index (χ3v) is 7.94. The number of phenolic OH excluding ortho intramolecular Hbond substituents is 1. The lowest BCUT2D eigenvalue weighted by Crippen LogP contribution is -2.40. The number of carbonyl (C=O) groups excluding carboxylic acids is 1. The quantitative estimate of drug-likeness (QED) is 0.232. The highest BCUT2D eigenvalue weighted by Gasteiger charge is 2.35. The Hall–Kier alpha value is -3.70. The van der Waals surface area contributed by atoms with E-state index in [0.717, 1.165) is 11.1 Å². The van der Waals surface area contributed by atoms with Crippen molar-refractivity contribution >= 4 is 51.7 Å². The Morgan fingerprint density at radius 3 is 2.44 bits per heavy atom. The first-order valence-electron chi connectivity index (χ1n) is 12.4. The summed E-state index contributed by atoms with van der Waals surface area (Å²) in [7, 11) is 0. The number of fused-ring (bicyclic) bond motifs is 1. The van der Waals surface area contributed by atoms with Gasteiger partial charge >= 0.3 is 5.97 Å². The van der Waals surface area contributed by atoms with Crippen LogP contribution >= 0.6 is 33.9 Å². The van der Waals surface area contributed by atoms with E-state index < -0.39 is 12.0 Å². The van der Waals surface area contributed by atoms with Gasteiger partial charge in [-0.2, -0.15) is 0 Å². The van der Waals surface area contributed by atoms with Gasteiger partial charge in [0.15, 0.2) is 16.3 Å². The highest BCUT2D eigenvalue weighted by Crippen LogP contribution is 2.35. The molecule has 39 heavy (non-hydrogen) atoms. The van der Waals surface area contributed by atoms with E-state index in [0.29, 0.717) is 42.1 Å². The molecule has 0 aliphatic carbocycles. The topological polar surface area (TPSA) is 90.1 Å². The van der Waals surface area contributed by atoms with Crippen molar-refractivity contribution in [2.75, 3.05) is 13.2 Å². The summed E-state index contributed by atoms with van der Waals surface area (Å²) in [6.07, 6.45) is 1.76. The van der Waals surface area contributed by atoms with Crippen LogP contribution < -0.4 is 19.6 Å². The zero-order chi connectivity index (χ0) is 27.5. The average Bonchev–Trinajstić information content (AvgIpc) is 3.26. The van der Waals surface area contributed by atoms with Crippen molar-refractivity contribution in [3.8, 4) is 11.5 Å². The van der Waals surface area contributed by atoms with Gasteiger partial charge in [0.2, 0.25) is 0 Å². The van der Waals surface area contributed by atoms with Crippen LogP contribution in [0.5, 0.6) is 11.5 Å². The smallest absolute Gasteiger partial charge is 0.338 e. The lowest BCUT2D eigenvalue weighted by molar-refractivity contribution is -0.138. The van der Waals surface area contributed by atoms with Crippen LogP contribution in [0, 0.1) is 3.57 Å². The molecule has 9 heteroatoms. The van der Waals surface area contributed by atoms with Gasteiger partial charge in [0.1, 0.15) is 0 Å². The van der Waals surface area contributed by atoms with Gasteiger partial charge in [-0.1, -0.05) is 72.0 Å². The van der Waals surface area contributed by atoms with Gasteiger partial charge in [0, 0.05) is 5.56 Å². The van der Waals surface area contributed by atoms with Crippen LogP contribution in [0.1, 0.15) is 36.6 Å². The van der Waals surface area contributed by atoms with Crippen molar-refractivity contribution in [1.29, 1.82) is 0 Å². The number of thiazole rings is 1. The molecule has 1 aliphatic rings. The van der Waals surface area contributed by atoms with Crippen LogP contribution in [0.4, 0.5) is 0 Å². The number of phenols is 1. The SMILES string of the molecule is CCOC(=O)C1=C(c2ccccc2)N=c2s/c(=C\c3cc(I)c(O)c(OCC)c3)c(=O)n2[C@@H]1c1ccccc1. The second kappa shape index (κ2) is 11.6. The summed E-state index contributed by atoms with van der Waals surface area (Å²) in [6, 6.07) is 21.6. The molecule has 0 radical (unpaired) electrons. The summed E-state index contributed by atoms with van der Waals surface area (Å²) in [4.78, 5) is 32.7. The second-order valence-electron chi connectivity index (χ2n) is 8.62. The second-order valence-corrected chi connectivity index (χ2v) is 10.8. The maximum Gasteiger partial charge on any atom is 0.338 e. The molecule has 0 spiro atoms. The van der Waals surface area contributed by atoms with Gasteiger partial charge in [-0.05, 0) is 65.8 Å². The highest BCUT2D eigenvalue weighted by molar-refractivity contribution is 14.1. The summed E-state index contributed by atoms with van der Waals surface area (Å²) in [5.74, 6) is -0.106. The summed E-state index contributed by atoms with van der Waals surface area (Å²) >= 11 is 3.28. The minimum atomic E-state index is -0.724. The first-order chi connectivity index (χ1) is 18.9. The zero-order valence-electron chi connectivity index (χ0n) is 21.3. The number of benzene rings is 3. The Balaban J connectivity index is 1.79. The molecule has 2 heterocycles. The van der Waals surface area contributed by atoms with Crippen molar-refractivity contribution in [1.82, 2.24) is 4.57 Å². The van der Waals surface area contributed by atoms with Crippen LogP contribution in [0.15, 0.2) is 88.2 Å². The fourth-order valence-electron chi connectivity index (χ4n) is 4.49. The number of halogens is 1. The first kappa shape index (κ1) is 26.9. The number of esters is 1. The number of hydrogen-bond acceptors (Lipinski definition) is 7. The number of hydrogen-bond donors (Lipinski definition) is 1. The van der Waals surface area contributed by atoms with Gasteiger partial charge in [-0.3, -0.25) is 9.36 Å². The molecule has 0 amide bonds. The summed E-state index contributed by atoms with van der Waals surface area (Å²) in [6.45, 7) is 4.18. The van der Waals surface area contributed by atoms with Crippen LogP contribution in [0.3, 0.4) is 0 Å². The molecule has 7 nitrogen and oxygen atoms in total. The Labute approximate surface area is 242 Å². The van der Waals surface area contributed by atoms with Crippen LogP contribution in [-0.4, -0.2) is 28.9 Å². The molecule has 1 aromatic heterocycles. The predicted molar refractivity (Wildman–Crippen MR) is 159 cm³/mol. The highest BCUT2D eigenvalue weighted by atomic mass is 127. The van der Waals surface area contributed by atoms with E-state index >= 15 is 0 Å². The lowest BCUT2D eigenvalue weighted by Gasteiger charge is -2.25. The van der Waals surface area contributed by atoms with E-state index in [4.69, 9.17) is 14.5 Å². The molecule has 198 valence electrons. The minimum Gasteiger partial charge on any atom is -0.504 e. The molecule has 1 N–H and O–H groups in total. The summed E-state index contributed by atoms with van der Waals surface area (Å²) in [5, 5.41) is 10.4. The Morgan fingerprint density at radius 2 is 1.77 bits per heavy atom. The number of nitrogens with zero attached hydrogens (tertiary/aromatic N) is 2. The number of aromatic hydroxyl groups is 1. The monoisotopic (exact) mass is 652 g/mol. The van der Waals surface area contributed by atoms with E-state index in [1.165, 1.54) is 11.3 Å². The molecular formula is C30H25IN2O5S. The van der Waals surface area contributed by atoms with E-state index in [2.05, 4.69) is 0 Å². The Bertz CT molecular complexity index is 1740.